The van der Waals surface area contributed by atoms with E-state index in [2.05, 4.69) is 11.8 Å². The maximum atomic E-state index is 12.1. The van der Waals surface area contributed by atoms with E-state index in [4.69, 9.17) is 9.73 Å². The number of rotatable bonds is 9. The lowest BCUT2D eigenvalue weighted by Gasteiger charge is -2.27. The molecule has 166 valence electrons. The lowest BCUT2D eigenvalue weighted by molar-refractivity contribution is 0.0526. The van der Waals surface area contributed by atoms with Gasteiger partial charge in [-0.2, -0.15) is 0 Å². The standard InChI is InChI=1S/C27H30N2O3/c1-3-5-19-28-26(20-21-11-17-25(30)18-12-21)29(23-9-7-6-8-10-23)24-15-13-22(14-16-24)27(31)32-4-2/h6-18,30H,3-5,19-20H2,1-2H3. The smallest absolute Gasteiger partial charge is 0.338 e. The van der Waals surface area contributed by atoms with E-state index in [1.54, 1.807) is 31.2 Å². The molecule has 0 radical (unpaired) electrons. The number of anilines is 2. The topological polar surface area (TPSA) is 62.1 Å². The zero-order chi connectivity index (χ0) is 22.8. The molecule has 5 heteroatoms. The van der Waals surface area contributed by atoms with Gasteiger partial charge in [-0.05, 0) is 67.4 Å². The Labute approximate surface area is 190 Å². The summed E-state index contributed by atoms with van der Waals surface area (Å²) in [6.45, 7) is 5.02. The number of carbonyl (C=O) groups excluding carboxylic acids is 1. The molecule has 3 aromatic carbocycles. The van der Waals surface area contributed by atoms with Crippen molar-refractivity contribution in [2.75, 3.05) is 18.1 Å². The first-order valence-electron chi connectivity index (χ1n) is 11.1. The first kappa shape index (κ1) is 23.1. The highest BCUT2D eigenvalue weighted by atomic mass is 16.5. The van der Waals surface area contributed by atoms with Gasteiger partial charge in [0.2, 0.25) is 0 Å². The fourth-order valence-electron chi connectivity index (χ4n) is 3.35. The number of unbranched alkanes of at least 4 members (excludes halogenated alkanes) is 1. The third-order valence-electron chi connectivity index (χ3n) is 5.01. The van der Waals surface area contributed by atoms with Crippen LogP contribution >= 0.6 is 0 Å². The molecule has 32 heavy (non-hydrogen) atoms. The number of para-hydroxylation sites is 1. The number of hydrogen-bond donors (Lipinski definition) is 1. The molecule has 0 unspecified atom stereocenters. The number of phenolic OH excluding ortho intramolecular Hbond substituents is 1. The molecule has 3 rings (SSSR count). The molecule has 3 aromatic rings. The Bertz CT molecular complexity index is 1010. The Morgan fingerprint density at radius 2 is 1.56 bits per heavy atom. The zero-order valence-electron chi connectivity index (χ0n) is 18.7. The van der Waals surface area contributed by atoms with Gasteiger partial charge in [0, 0.05) is 24.3 Å². The van der Waals surface area contributed by atoms with E-state index < -0.39 is 0 Å². The summed E-state index contributed by atoms with van der Waals surface area (Å²) in [5.74, 6) is 0.818. The van der Waals surface area contributed by atoms with Crippen molar-refractivity contribution in [2.45, 2.75) is 33.1 Å². The molecule has 0 heterocycles. The Morgan fingerprint density at radius 3 is 2.19 bits per heavy atom. The summed E-state index contributed by atoms with van der Waals surface area (Å²) in [6, 6.07) is 24.7. The lowest BCUT2D eigenvalue weighted by Crippen LogP contribution is -2.28. The Hall–Kier alpha value is -3.60. The Kier molecular flexibility index (Phi) is 8.44. The number of carbonyl (C=O) groups is 1. The van der Waals surface area contributed by atoms with Crippen molar-refractivity contribution < 1.29 is 14.6 Å². The van der Waals surface area contributed by atoms with E-state index in [1.165, 1.54) is 0 Å². The summed E-state index contributed by atoms with van der Waals surface area (Å²) in [6.07, 6.45) is 2.68. The van der Waals surface area contributed by atoms with Crippen molar-refractivity contribution in [1.29, 1.82) is 0 Å². The van der Waals surface area contributed by atoms with Crippen molar-refractivity contribution in [3.8, 4) is 5.75 Å². The van der Waals surface area contributed by atoms with Gasteiger partial charge < -0.3 is 9.84 Å². The minimum absolute atomic E-state index is 0.243. The largest absolute Gasteiger partial charge is 0.508 e. The molecule has 0 amide bonds. The molecule has 0 aliphatic rings. The maximum Gasteiger partial charge on any atom is 0.338 e. The second-order valence-electron chi connectivity index (χ2n) is 7.43. The molecule has 0 aromatic heterocycles. The third kappa shape index (κ3) is 6.20. The van der Waals surface area contributed by atoms with Gasteiger partial charge in [-0.15, -0.1) is 0 Å². The van der Waals surface area contributed by atoms with Crippen LogP contribution in [0.1, 0.15) is 42.6 Å². The van der Waals surface area contributed by atoms with Crippen molar-refractivity contribution in [3.63, 3.8) is 0 Å². The van der Waals surface area contributed by atoms with Crippen LogP contribution in [0.25, 0.3) is 0 Å². The maximum absolute atomic E-state index is 12.1. The molecular weight excluding hydrogens is 400 g/mol. The molecule has 0 aliphatic heterocycles. The van der Waals surface area contributed by atoms with Crippen molar-refractivity contribution in [1.82, 2.24) is 0 Å². The van der Waals surface area contributed by atoms with E-state index in [0.29, 0.717) is 18.6 Å². The molecule has 0 bridgehead atoms. The van der Waals surface area contributed by atoms with Crippen molar-refractivity contribution >= 4 is 23.2 Å². The fourth-order valence-corrected chi connectivity index (χ4v) is 3.35. The van der Waals surface area contributed by atoms with Crippen LogP contribution in [0, 0.1) is 0 Å². The molecule has 5 nitrogen and oxygen atoms in total. The van der Waals surface area contributed by atoms with Crippen LogP contribution < -0.4 is 4.90 Å². The number of aromatic hydroxyl groups is 1. The molecule has 0 spiro atoms. The van der Waals surface area contributed by atoms with Crippen LogP contribution in [-0.2, 0) is 11.2 Å². The molecule has 0 atom stereocenters. The molecule has 1 N–H and O–H groups in total. The SMILES string of the molecule is CCCCN=C(Cc1ccc(O)cc1)N(c1ccccc1)c1ccc(C(=O)OCC)cc1. The van der Waals surface area contributed by atoms with E-state index in [-0.39, 0.29) is 11.7 Å². The Balaban J connectivity index is 2.01. The number of ether oxygens (including phenoxy) is 1. The van der Waals surface area contributed by atoms with Gasteiger partial charge in [0.25, 0.3) is 0 Å². The minimum Gasteiger partial charge on any atom is -0.508 e. The van der Waals surface area contributed by atoms with Gasteiger partial charge in [-0.25, -0.2) is 4.79 Å². The highest BCUT2D eigenvalue weighted by Crippen LogP contribution is 2.28. The van der Waals surface area contributed by atoms with E-state index in [0.717, 1.165) is 42.2 Å². The van der Waals surface area contributed by atoms with Crippen LogP contribution in [-0.4, -0.2) is 30.1 Å². The van der Waals surface area contributed by atoms with E-state index >= 15 is 0 Å². The average molecular weight is 431 g/mol. The molecule has 0 fully saturated rings. The van der Waals surface area contributed by atoms with Gasteiger partial charge >= 0.3 is 5.97 Å². The second-order valence-corrected chi connectivity index (χ2v) is 7.43. The quantitative estimate of drug-likeness (QED) is 0.191. The number of hydrogen-bond acceptors (Lipinski definition) is 4. The average Bonchev–Trinajstić information content (AvgIpc) is 2.82. The molecule has 0 aliphatic carbocycles. The summed E-state index contributed by atoms with van der Waals surface area (Å²) in [5, 5.41) is 9.66. The summed E-state index contributed by atoms with van der Waals surface area (Å²) in [5.41, 5.74) is 3.48. The highest BCUT2D eigenvalue weighted by molar-refractivity contribution is 6.05. The monoisotopic (exact) mass is 430 g/mol. The number of aliphatic imine (C=N–C) groups is 1. The first-order chi connectivity index (χ1) is 15.6. The van der Waals surface area contributed by atoms with Gasteiger partial charge in [0.05, 0.1) is 12.2 Å². The van der Waals surface area contributed by atoms with Crippen molar-refractivity contribution in [3.05, 3.63) is 90.0 Å². The first-order valence-corrected chi connectivity index (χ1v) is 11.1. The summed E-state index contributed by atoms with van der Waals surface area (Å²) >= 11 is 0. The van der Waals surface area contributed by atoms with Gasteiger partial charge in [-0.3, -0.25) is 9.89 Å². The van der Waals surface area contributed by atoms with Gasteiger partial charge in [0.15, 0.2) is 0 Å². The minimum atomic E-state index is -0.328. The van der Waals surface area contributed by atoms with Crippen molar-refractivity contribution in [2.24, 2.45) is 4.99 Å². The van der Waals surface area contributed by atoms with Crippen LogP contribution in [0.4, 0.5) is 11.4 Å². The van der Waals surface area contributed by atoms with Gasteiger partial charge in [-0.1, -0.05) is 43.7 Å². The highest BCUT2D eigenvalue weighted by Gasteiger charge is 2.18. The summed E-state index contributed by atoms with van der Waals surface area (Å²) < 4.78 is 5.12. The van der Waals surface area contributed by atoms with Crippen LogP contribution in [0.15, 0.2) is 83.9 Å². The van der Waals surface area contributed by atoms with E-state index in [9.17, 15) is 9.90 Å². The number of phenols is 1. The van der Waals surface area contributed by atoms with Crippen LogP contribution in [0.3, 0.4) is 0 Å². The predicted octanol–water partition coefficient (Wildman–Crippen LogP) is 6.15. The Morgan fingerprint density at radius 1 is 0.906 bits per heavy atom. The molecular formula is C27H30N2O3. The lowest BCUT2D eigenvalue weighted by atomic mass is 10.1. The zero-order valence-corrected chi connectivity index (χ0v) is 18.7. The predicted molar refractivity (Wildman–Crippen MR) is 130 cm³/mol. The van der Waals surface area contributed by atoms with Gasteiger partial charge in [0.1, 0.15) is 11.6 Å². The summed E-state index contributed by atoms with van der Waals surface area (Å²) in [4.78, 5) is 19.2. The number of esters is 1. The third-order valence-corrected chi connectivity index (χ3v) is 5.01. The van der Waals surface area contributed by atoms with Crippen LogP contribution in [0.2, 0.25) is 0 Å². The normalized spacial score (nSPS) is 11.2. The van der Waals surface area contributed by atoms with Crippen LogP contribution in [0.5, 0.6) is 5.75 Å². The number of benzene rings is 3. The number of nitrogens with zero attached hydrogens (tertiary/aromatic N) is 2. The molecule has 0 saturated carbocycles. The van der Waals surface area contributed by atoms with E-state index in [1.807, 2.05) is 54.6 Å². The summed E-state index contributed by atoms with van der Waals surface area (Å²) in [7, 11) is 0. The second kappa shape index (κ2) is 11.7. The number of amidine groups is 1. The molecule has 0 saturated heterocycles. The fraction of sp³-hybridized carbons (Fsp3) is 0.259.